The maximum absolute atomic E-state index is 11.1. The third kappa shape index (κ3) is 3.43. The van der Waals surface area contributed by atoms with Gasteiger partial charge in [0.25, 0.3) is 0 Å². The standard InChI is InChI=1S/C21H24N2O3/c1-14(2)16-10-9-15(3)13-19(16)26-12-6-11-23-18-8-5-4-7-17(18)20(22-25)21(23)24/h4-5,7-10,13-14,24H,6,11-12H2,1-3H3. The molecule has 0 aliphatic heterocycles. The smallest absolute Gasteiger partial charge is 0.222 e. The molecule has 0 saturated carbocycles. The van der Waals surface area contributed by atoms with Crippen LogP contribution in [-0.2, 0) is 6.54 Å². The molecule has 3 aromatic rings. The lowest BCUT2D eigenvalue weighted by atomic mass is 10.0. The van der Waals surface area contributed by atoms with E-state index < -0.39 is 0 Å². The maximum Gasteiger partial charge on any atom is 0.222 e. The number of aromatic nitrogens is 1. The molecular formula is C21H24N2O3. The largest absolute Gasteiger partial charge is 0.493 e. The van der Waals surface area contributed by atoms with Crippen molar-refractivity contribution in [3.05, 3.63) is 58.5 Å². The highest BCUT2D eigenvalue weighted by Gasteiger charge is 2.16. The molecule has 0 saturated heterocycles. The topological polar surface area (TPSA) is 63.8 Å². The van der Waals surface area contributed by atoms with Gasteiger partial charge in [-0.1, -0.05) is 44.2 Å². The van der Waals surface area contributed by atoms with Gasteiger partial charge in [0, 0.05) is 11.9 Å². The normalized spacial score (nSPS) is 11.2. The molecule has 5 nitrogen and oxygen atoms in total. The lowest BCUT2D eigenvalue weighted by Crippen LogP contribution is -2.06. The molecule has 0 amide bonds. The Bertz CT molecular complexity index is 928. The van der Waals surface area contributed by atoms with Crippen LogP contribution in [0.2, 0.25) is 0 Å². The highest BCUT2D eigenvalue weighted by Crippen LogP contribution is 2.38. The Balaban J connectivity index is 1.72. The van der Waals surface area contributed by atoms with Crippen LogP contribution in [0.15, 0.2) is 47.6 Å². The minimum atomic E-state index is -0.0837. The molecule has 2 aromatic carbocycles. The van der Waals surface area contributed by atoms with E-state index in [-0.39, 0.29) is 11.6 Å². The Morgan fingerprint density at radius 3 is 2.69 bits per heavy atom. The van der Waals surface area contributed by atoms with E-state index in [2.05, 4.69) is 44.1 Å². The number of benzene rings is 2. The van der Waals surface area contributed by atoms with Gasteiger partial charge in [0.05, 0.1) is 12.1 Å². The van der Waals surface area contributed by atoms with Crippen LogP contribution >= 0.6 is 0 Å². The Morgan fingerprint density at radius 2 is 1.96 bits per heavy atom. The van der Waals surface area contributed by atoms with Crippen LogP contribution in [0.5, 0.6) is 11.6 Å². The van der Waals surface area contributed by atoms with E-state index >= 15 is 0 Å². The third-order valence-corrected chi connectivity index (χ3v) is 4.58. The number of ether oxygens (including phenoxy) is 1. The second-order valence-corrected chi connectivity index (χ2v) is 6.83. The highest BCUT2D eigenvalue weighted by atomic mass is 16.5. The molecule has 1 aromatic heterocycles. The summed E-state index contributed by atoms with van der Waals surface area (Å²) in [5, 5.41) is 14.0. The van der Waals surface area contributed by atoms with E-state index in [9.17, 15) is 10.0 Å². The highest BCUT2D eigenvalue weighted by molar-refractivity contribution is 5.94. The quantitative estimate of drug-likeness (QED) is 0.442. The number of rotatable bonds is 7. The fourth-order valence-electron chi connectivity index (χ4n) is 3.24. The van der Waals surface area contributed by atoms with Crippen molar-refractivity contribution in [1.82, 2.24) is 4.57 Å². The van der Waals surface area contributed by atoms with Crippen LogP contribution in [-0.4, -0.2) is 16.3 Å². The van der Waals surface area contributed by atoms with E-state index in [1.54, 1.807) is 10.6 Å². The molecule has 0 atom stereocenters. The second-order valence-electron chi connectivity index (χ2n) is 6.83. The summed E-state index contributed by atoms with van der Waals surface area (Å²) < 4.78 is 7.72. The van der Waals surface area contributed by atoms with Crippen LogP contribution in [0, 0.1) is 11.8 Å². The number of aromatic hydroxyl groups is 1. The predicted molar refractivity (Wildman–Crippen MR) is 104 cm³/mol. The van der Waals surface area contributed by atoms with Gasteiger partial charge in [-0.25, -0.2) is 0 Å². The van der Waals surface area contributed by atoms with Crippen LogP contribution in [0.3, 0.4) is 0 Å². The summed E-state index contributed by atoms with van der Waals surface area (Å²) in [6.45, 7) is 7.42. The molecule has 0 radical (unpaired) electrons. The van der Waals surface area contributed by atoms with Crippen molar-refractivity contribution in [3.63, 3.8) is 0 Å². The number of fused-ring (bicyclic) bond motifs is 1. The van der Waals surface area contributed by atoms with Crippen molar-refractivity contribution in [1.29, 1.82) is 0 Å². The summed E-state index contributed by atoms with van der Waals surface area (Å²) in [5.74, 6) is 1.22. The van der Waals surface area contributed by atoms with Gasteiger partial charge >= 0.3 is 0 Å². The Labute approximate surface area is 153 Å². The first-order chi connectivity index (χ1) is 12.5. The fraction of sp³-hybridized carbons (Fsp3) is 0.333. The predicted octanol–water partition coefficient (Wildman–Crippen LogP) is 5.65. The average molecular weight is 352 g/mol. The number of nitrogens with zero attached hydrogens (tertiary/aromatic N) is 2. The minimum absolute atomic E-state index is 0.0837. The first-order valence-corrected chi connectivity index (χ1v) is 8.89. The van der Waals surface area contributed by atoms with Gasteiger partial charge in [-0.15, -0.1) is 4.91 Å². The SMILES string of the molecule is Cc1ccc(C(C)C)c(OCCCn2c(O)c(N=O)c3ccccc32)c1. The Hall–Kier alpha value is -2.82. The molecule has 0 spiro atoms. The molecule has 136 valence electrons. The molecule has 5 heteroatoms. The van der Waals surface area contributed by atoms with E-state index in [1.807, 2.05) is 18.2 Å². The van der Waals surface area contributed by atoms with Crippen LogP contribution in [0.1, 0.15) is 37.3 Å². The third-order valence-electron chi connectivity index (χ3n) is 4.58. The van der Waals surface area contributed by atoms with Crippen LogP contribution in [0.25, 0.3) is 10.9 Å². The zero-order valence-corrected chi connectivity index (χ0v) is 15.4. The van der Waals surface area contributed by atoms with E-state index in [0.717, 1.165) is 11.3 Å². The zero-order valence-electron chi connectivity index (χ0n) is 15.4. The van der Waals surface area contributed by atoms with E-state index in [0.29, 0.717) is 30.9 Å². The first-order valence-electron chi connectivity index (χ1n) is 8.89. The van der Waals surface area contributed by atoms with Gasteiger partial charge in [0.15, 0.2) is 5.69 Å². The molecule has 0 bridgehead atoms. The lowest BCUT2D eigenvalue weighted by Gasteiger charge is -2.15. The number of hydrogen-bond donors (Lipinski definition) is 1. The molecule has 0 aliphatic carbocycles. The fourth-order valence-corrected chi connectivity index (χ4v) is 3.24. The van der Waals surface area contributed by atoms with Crippen LogP contribution < -0.4 is 4.74 Å². The molecular weight excluding hydrogens is 328 g/mol. The summed E-state index contributed by atoms with van der Waals surface area (Å²) in [7, 11) is 0. The Morgan fingerprint density at radius 1 is 1.19 bits per heavy atom. The van der Waals surface area contributed by atoms with E-state index in [4.69, 9.17) is 4.74 Å². The monoisotopic (exact) mass is 352 g/mol. The van der Waals surface area contributed by atoms with Crippen molar-refractivity contribution in [2.45, 2.75) is 39.7 Å². The molecule has 26 heavy (non-hydrogen) atoms. The van der Waals surface area contributed by atoms with Crippen molar-refractivity contribution in [2.24, 2.45) is 5.18 Å². The van der Waals surface area contributed by atoms with Gasteiger partial charge in [-0.3, -0.25) is 0 Å². The molecule has 0 fully saturated rings. The van der Waals surface area contributed by atoms with Gasteiger partial charge < -0.3 is 14.4 Å². The number of aryl methyl sites for hydroxylation is 2. The van der Waals surface area contributed by atoms with Crippen LogP contribution in [0.4, 0.5) is 5.69 Å². The van der Waals surface area contributed by atoms with Gasteiger partial charge in [-0.2, -0.15) is 0 Å². The molecule has 1 heterocycles. The minimum Gasteiger partial charge on any atom is -0.493 e. The second kappa shape index (κ2) is 7.60. The summed E-state index contributed by atoms with van der Waals surface area (Å²) in [6.07, 6.45) is 0.704. The van der Waals surface area contributed by atoms with Crippen molar-refractivity contribution < 1.29 is 9.84 Å². The van der Waals surface area contributed by atoms with Gasteiger partial charge in [0.1, 0.15) is 5.75 Å². The number of para-hydroxylation sites is 1. The lowest BCUT2D eigenvalue weighted by molar-refractivity contribution is 0.294. The van der Waals surface area contributed by atoms with Crippen molar-refractivity contribution >= 4 is 16.6 Å². The maximum atomic E-state index is 11.1. The molecule has 0 unspecified atom stereocenters. The molecule has 3 rings (SSSR count). The zero-order chi connectivity index (χ0) is 18.7. The summed E-state index contributed by atoms with van der Waals surface area (Å²) in [6, 6.07) is 13.7. The van der Waals surface area contributed by atoms with Gasteiger partial charge in [-0.05, 0) is 47.7 Å². The summed E-state index contributed by atoms with van der Waals surface area (Å²) in [5.41, 5.74) is 3.26. The summed E-state index contributed by atoms with van der Waals surface area (Å²) >= 11 is 0. The molecule has 0 aliphatic rings. The van der Waals surface area contributed by atoms with E-state index in [1.165, 1.54) is 11.1 Å². The number of nitroso groups, excluding NO2 is 1. The summed E-state index contributed by atoms with van der Waals surface area (Å²) in [4.78, 5) is 11.1. The number of hydrogen-bond acceptors (Lipinski definition) is 4. The van der Waals surface area contributed by atoms with Crippen molar-refractivity contribution in [2.75, 3.05) is 6.61 Å². The van der Waals surface area contributed by atoms with Crippen molar-refractivity contribution in [3.8, 4) is 11.6 Å². The Kier molecular flexibility index (Phi) is 5.26. The average Bonchev–Trinajstić information content (AvgIpc) is 2.89. The van der Waals surface area contributed by atoms with Gasteiger partial charge in [0.2, 0.25) is 5.88 Å². The first kappa shape index (κ1) is 18.0. The molecule has 1 N–H and O–H groups in total.